The highest BCUT2D eigenvalue weighted by molar-refractivity contribution is 6.01. The molecule has 1 aromatic rings. The van der Waals surface area contributed by atoms with Crippen LogP contribution in [0.1, 0.15) is 60.3 Å². The Morgan fingerprint density at radius 2 is 1.81 bits per heavy atom. The largest absolute Gasteiger partial charge is 0.444 e. The molecule has 32 heavy (non-hydrogen) atoms. The average molecular weight is 451 g/mol. The highest BCUT2D eigenvalue weighted by atomic mass is 19.1. The molecule has 0 bridgehead atoms. The molecule has 178 valence electrons. The minimum atomic E-state index is -0.553. The van der Waals surface area contributed by atoms with Crippen molar-refractivity contribution in [1.29, 1.82) is 0 Å². The molecule has 2 fully saturated rings. The van der Waals surface area contributed by atoms with E-state index in [0.29, 0.717) is 43.7 Å². The highest BCUT2D eigenvalue weighted by Gasteiger charge is 2.27. The van der Waals surface area contributed by atoms with Crippen LogP contribution in [0.5, 0.6) is 0 Å². The molecule has 2 aliphatic rings. The quantitative estimate of drug-likeness (QED) is 0.607. The summed E-state index contributed by atoms with van der Waals surface area (Å²) in [5, 5.41) is 8.13. The lowest BCUT2D eigenvalue weighted by atomic mass is 10.0. The second-order valence-electron chi connectivity index (χ2n) is 8.72. The van der Waals surface area contributed by atoms with Crippen LogP contribution in [0.4, 0.5) is 20.6 Å². The van der Waals surface area contributed by atoms with Gasteiger partial charge >= 0.3 is 6.09 Å². The number of nitrogens with zero attached hydrogens (tertiary/aromatic N) is 1. The Labute approximate surface area is 189 Å². The topological polar surface area (TPSA) is 99.8 Å². The summed E-state index contributed by atoms with van der Waals surface area (Å²) in [7, 11) is 0. The standard InChI is InChI=1S/C21H29FN4O4.C2H6/c1-21(2,3)30-20(29)24-13-8-10-26(11-9-13)17-6-4-14(12-15(17)22)23-16-5-7-18(27)25-19(16)28;1-2/h4,6,12-13,16,23H,5,7-11H2,1-3H3,(H,24,29)(H,25,27,28);1-2H3. The lowest BCUT2D eigenvalue weighted by Gasteiger charge is -2.34. The van der Waals surface area contributed by atoms with Gasteiger partial charge in [-0.2, -0.15) is 0 Å². The number of nitrogens with one attached hydrogen (secondary N) is 3. The van der Waals surface area contributed by atoms with Crippen LogP contribution in [-0.2, 0) is 14.3 Å². The minimum absolute atomic E-state index is 0.00683. The Bertz CT molecular complexity index is 817. The van der Waals surface area contributed by atoms with Crippen LogP contribution in [0.3, 0.4) is 0 Å². The van der Waals surface area contributed by atoms with Crippen LogP contribution in [0.25, 0.3) is 0 Å². The average Bonchev–Trinajstić information content (AvgIpc) is 2.71. The van der Waals surface area contributed by atoms with Gasteiger partial charge in [-0.3, -0.25) is 14.9 Å². The molecule has 3 rings (SSSR count). The second kappa shape index (κ2) is 11.2. The molecule has 1 aromatic carbocycles. The Hall–Kier alpha value is -2.84. The molecule has 2 saturated heterocycles. The molecule has 0 radical (unpaired) electrons. The number of halogens is 1. The molecule has 9 heteroatoms. The summed E-state index contributed by atoms with van der Waals surface area (Å²) in [5.41, 5.74) is 0.434. The number of anilines is 2. The molecule has 0 spiro atoms. The fourth-order valence-corrected chi connectivity index (χ4v) is 3.62. The first-order valence-corrected chi connectivity index (χ1v) is 11.2. The second-order valence-corrected chi connectivity index (χ2v) is 8.72. The van der Waals surface area contributed by atoms with Crippen molar-refractivity contribution in [3.8, 4) is 0 Å². The molecule has 0 aromatic heterocycles. The van der Waals surface area contributed by atoms with Crippen molar-refractivity contribution in [2.75, 3.05) is 23.3 Å². The summed E-state index contributed by atoms with van der Waals surface area (Å²) < 4.78 is 20.0. The van der Waals surface area contributed by atoms with Gasteiger partial charge < -0.3 is 20.3 Å². The zero-order valence-corrected chi connectivity index (χ0v) is 19.6. The zero-order chi connectivity index (χ0) is 23.9. The van der Waals surface area contributed by atoms with Crippen molar-refractivity contribution in [2.24, 2.45) is 0 Å². The van der Waals surface area contributed by atoms with E-state index in [1.54, 1.807) is 12.1 Å². The van der Waals surface area contributed by atoms with E-state index < -0.39 is 23.6 Å². The van der Waals surface area contributed by atoms with Gasteiger partial charge in [-0.25, -0.2) is 9.18 Å². The smallest absolute Gasteiger partial charge is 0.407 e. The number of rotatable bonds is 4. The van der Waals surface area contributed by atoms with Crippen LogP contribution in [-0.4, -0.2) is 48.7 Å². The number of benzene rings is 1. The predicted molar refractivity (Wildman–Crippen MR) is 122 cm³/mol. The summed E-state index contributed by atoms with van der Waals surface area (Å²) in [4.78, 5) is 36.9. The van der Waals surface area contributed by atoms with E-state index in [1.807, 2.05) is 39.5 Å². The van der Waals surface area contributed by atoms with E-state index in [1.165, 1.54) is 6.07 Å². The van der Waals surface area contributed by atoms with Crippen LogP contribution in [0.2, 0.25) is 0 Å². The third-order valence-corrected chi connectivity index (χ3v) is 5.08. The van der Waals surface area contributed by atoms with Crippen molar-refractivity contribution < 1.29 is 23.5 Å². The Morgan fingerprint density at radius 1 is 1.16 bits per heavy atom. The molecule has 3 amide bonds. The fraction of sp³-hybridized carbons (Fsp3) is 0.609. The maximum atomic E-state index is 14.7. The summed E-state index contributed by atoms with van der Waals surface area (Å²) in [5.74, 6) is -1.06. The summed E-state index contributed by atoms with van der Waals surface area (Å²) in [6.07, 6.45) is 1.59. The minimum Gasteiger partial charge on any atom is -0.444 e. The first-order valence-electron chi connectivity index (χ1n) is 11.2. The Balaban J connectivity index is 0.00000176. The number of hydrogen-bond donors (Lipinski definition) is 3. The maximum Gasteiger partial charge on any atom is 0.407 e. The fourth-order valence-electron chi connectivity index (χ4n) is 3.62. The van der Waals surface area contributed by atoms with Gasteiger partial charge in [0.15, 0.2) is 0 Å². The molecule has 2 aliphatic heterocycles. The van der Waals surface area contributed by atoms with Crippen molar-refractivity contribution in [1.82, 2.24) is 10.6 Å². The third-order valence-electron chi connectivity index (χ3n) is 5.08. The number of ether oxygens (including phenoxy) is 1. The number of carbonyl (C=O) groups is 3. The van der Waals surface area contributed by atoms with Crippen molar-refractivity contribution >= 4 is 29.3 Å². The molecule has 2 heterocycles. The van der Waals surface area contributed by atoms with E-state index in [9.17, 15) is 18.8 Å². The lowest BCUT2D eigenvalue weighted by molar-refractivity contribution is -0.133. The van der Waals surface area contributed by atoms with Gasteiger partial charge in [0.2, 0.25) is 11.8 Å². The monoisotopic (exact) mass is 450 g/mol. The summed E-state index contributed by atoms with van der Waals surface area (Å²) >= 11 is 0. The van der Waals surface area contributed by atoms with Gasteiger partial charge in [0.25, 0.3) is 0 Å². The van der Waals surface area contributed by atoms with Gasteiger partial charge in [-0.05, 0) is 58.2 Å². The van der Waals surface area contributed by atoms with Gasteiger partial charge in [-0.1, -0.05) is 13.8 Å². The van der Waals surface area contributed by atoms with Gasteiger partial charge in [-0.15, -0.1) is 0 Å². The molecule has 3 N–H and O–H groups in total. The van der Waals surface area contributed by atoms with E-state index >= 15 is 0 Å². The zero-order valence-electron chi connectivity index (χ0n) is 19.6. The molecular weight excluding hydrogens is 415 g/mol. The van der Waals surface area contributed by atoms with Crippen molar-refractivity contribution in [3.05, 3.63) is 24.0 Å². The van der Waals surface area contributed by atoms with Crippen molar-refractivity contribution in [2.45, 2.75) is 78.0 Å². The molecule has 8 nitrogen and oxygen atoms in total. The Kier molecular flexibility index (Phi) is 8.86. The van der Waals surface area contributed by atoms with E-state index in [2.05, 4.69) is 16.0 Å². The lowest BCUT2D eigenvalue weighted by Crippen LogP contribution is -2.47. The van der Waals surface area contributed by atoms with E-state index in [0.717, 1.165) is 0 Å². The van der Waals surface area contributed by atoms with Crippen molar-refractivity contribution in [3.63, 3.8) is 0 Å². The van der Waals surface area contributed by atoms with E-state index in [4.69, 9.17) is 4.74 Å². The van der Waals surface area contributed by atoms with Crippen LogP contribution in [0, 0.1) is 5.82 Å². The SMILES string of the molecule is CC.CC(C)(C)OC(=O)NC1CCN(c2ccc(NC3CCC(=O)NC3=O)cc2F)CC1. The number of alkyl carbamates (subject to hydrolysis) is 1. The Morgan fingerprint density at radius 3 is 2.38 bits per heavy atom. The molecule has 0 aliphatic carbocycles. The number of carbonyl (C=O) groups excluding carboxylic acids is 3. The first kappa shape index (κ1) is 25.4. The van der Waals surface area contributed by atoms with Crippen LogP contribution < -0.4 is 20.9 Å². The first-order chi connectivity index (χ1) is 15.1. The maximum absolute atomic E-state index is 14.7. The van der Waals surface area contributed by atoms with Crippen LogP contribution >= 0.6 is 0 Å². The molecule has 1 unspecified atom stereocenters. The number of amides is 3. The number of imide groups is 1. The summed E-state index contributed by atoms with van der Waals surface area (Å²) in [6, 6.07) is 4.22. The number of hydrogen-bond acceptors (Lipinski definition) is 6. The molecular formula is C23H35FN4O4. The van der Waals surface area contributed by atoms with Crippen LogP contribution in [0.15, 0.2) is 18.2 Å². The van der Waals surface area contributed by atoms with Gasteiger partial charge in [0.05, 0.1) is 5.69 Å². The molecule has 0 saturated carbocycles. The normalized spacial score (nSPS) is 19.4. The third kappa shape index (κ3) is 7.39. The summed E-state index contributed by atoms with van der Waals surface area (Å²) in [6.45, 7) is 10.7. The predicted octanol–water partition coefficient (Wildman–Crippen LogP) is 3.56. The van der Waals surface area contributed by atoms with Gasteiger partial charge in [0.1, 0.15) is 17.5 Å². The van der Waals surface area contributed by atoms with Gasteiger partial charge in [0, 0.05) is 31.2 Å². The number of piperidine rings is 2. The molecule has 1 atom stereocenters. The highest BCUT2D eigenvalue weighted by Crippen LogP contribution is 2.27. The van der Waals surface area contributed by atoms with E-state index in [-0.39, 0.29) is 24.2 Å².